The van der Waals surface area contributed by atoms with Crippen molar-refractivity contribution in [3.8, 4) is 0 Å². The molecule has 0 aliphatic carbocycles. The minimum Gasteiger partial charge on any atom is -0.465 e. The van der Waals surface area contributed by atoms with Crippen LogP contribution in [-0.2, 0) is 20.9 Å². The zero-order chi connectivity index (χ0) is 22.7. The van der Waals surface area contributed by atoms with Crippen LogP contribution < -0.4 is 10.6 Å². The molecule has 1 amide bonds. The van der Waals surface area contributed by atoms with Gasteiger partial charge in [0.15, 0.2) is 5.65 Å². The van der Waals surface area contributed by atoms with Crippen molar-refractivity contribution in [1.82, 2.24) is 9.38 Å². The summed E-state index contributed by atoms with van der Waals surface area (Å²) in [5.74, 6) is -0.929. The first kappa shape index (κ1) is 22.3. The van der Waals surface area contributed by atoms with Crippen molar-refractivity contribution in [3.63, 3.8) is 0 Å². The molecule has 1 aromatic carbocycles. The monoisotopic (exact) mass is 426 g/mol. The molecule has 7 nitrogen and oxygen atoms in total. The maximum Gasteiger partial charge on any atom is 0.302 e. The van der Waals surface area contributed by atoms with Gasteiger partial charge in [0.05, 0.1) is 23.5 Å². The molecule has 2 aromatic heterocycles. The smallest absolute Gasteiger partial charge is 0.302 e. The lowest BCUT2D eigenvalue weighted by Crippen LogP contribution is -2.16. The molecule has 0 saturated carbocycles. The number of amides is 1. The van der Waals surface area contributed by atoms with Crippen LogP contribution in [0.4, 0.5) is 15.8 Å². The first-order valence-corrected chi connectivity index (χ1v) is 10.1. The highest BCUT2D eigenvalue weighted by Gasteiger charge is 2.14. The van der Waals surface area contributed by atoms with Crippen LogP contribution in [0.2, 0.25) is 0 Å². The molecular weight excluding hydrogens is 399 g/mol. The quantitative estimate of drug-likeness (QED) is 0.553. The minimum atomic E-state index is -0.420. The van der Waals surface area contributed by atoms with Gasteiger partial charge in [-0.2, -0.15) is 0 Å². The maximum atomic E-state index is 13.6. The Hall–Kier alpha value is -3.42. The van der Waals surface area contributed by atoms with Crippen molar-refractivity contribution in [3.05, 3.63) is 58.3 Å². The van der Waals surface area contributed by atoms with E-state index in [0.29, 0.717) is 12.2 Å². The fourth-order valence-corrected chi connectivity index (χ4v) is 3.48. The summed E-state index contributed by atoms with van der Waals surface area (Å²) in [6.45, 7) is 9.47. The summed E-state index contributed by atoms with van der Waals surface area (Å²) in [5.41, 5.74) is 6.67. The third-order valence-electron chi connectivity index (χ3n) is 5.23. The van der Waals surface area contributed by atoms with E-state index in [1.54, 1.807) is 0 Å². The number of rotatable bonds is 7. The van der Waals surface area contributed by atoms with Gasteiger partial charge in [-0.15, -0.1) is 0 Å². The highest BCUT2D eigenvalue weighted by molar-refractivity contribution is 5.92. The largest absolute Gasteiger partial charge is 0.465 e. The number of ether oxygens (including phenoxy) is 1. The number of halogens is 1. The molecule has 0 unspecified atom stereocenters. The van der Waals surface area contributed by atoms with Crippen LogP contribution in [0.25, 0.3) is 5.65 Å². The number of nitrogens with zero attached hydrogens (tertiary/aromatic N) is 2. The number of hydrogen-bond acceptors (Lipinski definition) is 5. The zero-order valence-electron chi connectivity index (χ0n) is 18.4. The van der Waals surface area contributed by atoms with Crippen LogP contribution in [0.3, 0.4) is 0 Å². The molecular formula is C23H27FN4O3. The Labute approximate surface area is 180 Å². The molecule has 164 valence electrons. The molecule has 0 aliphatic rings. The Morgan fingerprint density at radius 1 is 1.13 bits per heavy atom. The number of nitrogens with one attached hydrogen (secondary N) is 2. The van der Waals surface area contributed by atoms with Crippen LogP contribution in [-0.4, -0.2) is 27.9 Å². The summed E-state index contributed by atoms with van der Waals surface area (Å²) in [6.07, 6.45) is 1.88. The van der Waals surface area contributed by atoms with Crippen LogP contribution >= 0.6 is 0 Å². The molecule has 2 N–H and O–H groups in total. The Balaban J connectivity index is 1.87. The van der Waals surface area contributed by atoms with Gasteiger partial charge in [0, 0.05) is 25.4 Å². The van der Waals surface area contributed by atoms with Crippen LogP contribution in [0, 0.1) is 33.5 Å². The SMILES string of the molecule is CC(=O)OCCC(=O)Nc1cc(NCc2c(C)cc(F)cc2C)c2nc(C)c(C)n2c1. The van der Waals surface area contributed by atoms with Crippen molar-refractivity contribution < 1.29 is 18.7 Å². The molecule has 8 heteroatoms. The van der Waals surface area contributed by atoms with E-state index in [1.165, 1.54) is 19.1 Å². The van der Waals surface area contributed by atoms with E-state index in [1.807, 2.05) is 44.4 Å². The summed E-state index contributed by atoms with van der Waals surface area (Å²) in [7, 11) is 0. The molecule has 0 spiro atoms. The van der Waals surface area contributed by atoms with Crippen molar-refractivity contribution in [1.29, 1.82) is 0 Å². The van der Waals surface area contributed by atoms with Crippen LogP contribution in [0.5, 0.6) is 0 Å². The van der Waals surface area contributed by atoms with E-state index in [2.05, 4.69) is 15.6 Å². The molecule has 3 rings (SSSR count). The average molecular weight is 426 g/mol. The molecule has 0 aliphatic heterocycles. The van der Waals surface area contributed by atoms with E-state index >= 15 is 0 Å². The number of esters is 1. The molecule has 31 heavy (non-hydrogen) atoms. The van der Waals surface area contributed by atoms with Crippen molar-refractivity contribution in [2.45, 2.75) is 47.6 Å². The number of hydrogen-bond donors (Lipinski definition) is 2. The van der Waals surface area contributed by atoms with Crippen molar-refractivity contribution in [2.24, 2.45) is 0 Å². The van der Waals surface area contributed by atoms with E-state index in [4.69, 9.17) is 4.74 Å². The number of anilines is 2. The summed E-state index contributed by atoms with van der Waals surface area (Å²) >= 11 is 0. The van der Waals surface area contributed by atoms with Crippen molar-refractivity contribution >= 4 is 28.9 Å². The van der Waals surface area contributed by atoms with E-state index in [-0.39, 0.29) is 24.8 Å². The molecule has 0 saturated heterocycles. The number of aromatic nitrogens is 2. The Morgan fingerprint density at radius 3 is 2.45 bits per heavy atom. The van der Waals surface area contributed by atoms with Crippen molar-refractivity contribution in [2.75, 3.05) is 17.2 Å². The van der Waals surface area contributed by atoms with Gasteiger partial charge in [0.1, 0.15) is 12.4 Å². The summed E-state index contributed by atoms with van der Waals surface area (Å²) in [5, 5.41) is 6.24. The highest BCUT2D eigenvalue weighted by Crippen LogP contribution is 2.26. The first-order valence-electron chi connectivity index (χ1n) is 10.1. The fraction of sp³-hybridized carbons (Fsp3) is 0.348. The lowest BCUT2D eigenvalue weighted by atomic mass is 10.0. The number of fused-ring (bicyclic) bond motifs is 1. The number of imidazole rings is 1. The number of benzene rings is 1. The average Bonchev–Trinajstić information content (AvgIpc) is 2.95. The molecule has 0 radical (unpaired) electrons. The summed E-state index contributed by atoms with van der Waals surface area (Å²) in [6, 6.07) is 4.85. The van der Waals surface area contributed by atoms with Gasteiger partial charge in [0.2, 0.25) is 5.91 Å². The molecule has 0 fully saturated rings. The van der Waals surface area contributed by atoms with E-state index < -0.39 is 5.97 Å². The lowest BCUT2D eigenvalue weighted by Gasteiger charge is -2.15. The highest BCUT2D eigenvalue weighted by atomic mass is 19.1. The van der Waals surface area contributed by atoms with Gasteiger partial charge in [-0.05, 0) is 62.6 Å². The second kappa shape index (κ2) is 9.16. The van der Waals surface area contributed by atoms with Gasteiger partial charge < -0.3 is 19.8 Å². The number of carbonyl (C=O) groups is 2. The first-order chi connectivity index (χ1) is 14.7. The summed E-state index contributed by atoms with van der Waals surface area (Å²) in [4.78, 5) is 27.8. The van der Waals surface area contributed by atoms with Gasteiger partial charge in [-0.1, -0.05) is 0 Å². The second-order valence-electron chi connectivity index (χ2n) is 7.63. The third-order valence-corrected chi connectivity index (χ3v) is 5.23. The Bertz CT molecular complexity index is 1130. The standard InChI is InChI=1S/C23H27FN4O3/c1-13-8-18(24)9-14(2)20(13)11-25-21-10-19(27-22(30)6-7-31-17(5)29)12-28-16(4)15(3)26-23(21)28/h8-10,12,25H,6-7,11H2,1-5H3,(H,27,30). The number of pyridine rings is 1. The van der Waals surface area contributed by atoms with Gasteiger partial charge in [0.25, 0.3) is 0 Å². The van der Waals surface area contributed by atoms with Gasteiger partial charge in [-0.25, -0.2) is 9.37 Å². The van der Waals surface area contributed by atoms with E-state index in [0.717, 1.165) is 39.4 Å². The van der Waals surface area contributed by atoms with E-state index in [9.17, 15) is 14.0 Å². The maximum absolute atomic E-state index is 13.6. The summed E-state index contributed by atoms with van der Waals surface area (Å²) < 4.78 is 20.4. The number of carbonyl (C=O) groups excluding carboxylic acids is 2. The van der Waals surface area contributed by atoms with Gasteiger partial charge in [-0.3, -0.25) is 9.59 Å². The Morgan fingerprint density at radius 2 is 1.81 bits per heavy atom. The van der Waals surface area contributed by atoms with Crippen LogP contribution in [0.15, 0.2) is 24.4 Å². The molecule has 0 atom stereocenters. The minimum absolute atomic E-state index is 0.0286. The molecule has 2 heterocycles. The van der Waals surface area contributed by atoms with Crippen LogP contribution in [0.1, 0.15) is 41.4 Å². The normalized spacial score (nSPS) is 10.9. The topological polar surface area (TPSA) is 84.7 Å². The Kier molecular flexibility index (Phi) is 6.58. The van der Waals surface area contributed by atoms with Gasteiger partial charge >= 0.3 is 5.97 Å². The lowest BCUT2D eigenvalue weighted by molar-refractivity contribution is -0.141. The third kappa shape index (κ3) is 5.20. The second-order valence-corrected chi connectivity index (χ2v) is 7.63. The number of aryl methyl sites for hydroxylation is 4. The predicted octanol–water partition coefficient (Wildman–Crippen LogP) is 4.21. The zero-order valence-corrected chi connectivity index (χ0v) is 18.4. The predicted molar refractivity (Wildman–Crippen MR) is 118 cm³/mol. The fourth-order valence-electron chi connectivity index (χ4n) is 3.48. The molecule has 0 bridgehead atoms. The molecule has 3 aromatic rings.